The molecule has 0 bridgehead atoms. The predicted octanol–water partition coefficient (Wildman–Crippen LogP) is 0.662. The number of nitrogens with zero attached hydrogens (tertiary/aromatic N) is 1. The Morgan fingerprint density at radius 3 is 2.81 bits per heavy atom. The van der Waals surface area contributed by atoms with Crippen LogP contribution in [-0.2, 0) is 6.42 Å². The van der Waals surface area contributed by atoms with Gasteiger partial charge in [0.25, 0.3) is 0 Å². The summed E-state index contributed by atoms with van der Waals surface area (Å²) in [7, 11) is 0. The summed E-state index contributed by atoms with van der Waals surface area (Å²) in [6.45, 7) is 3.45. The smallest absolute Gasteiger partial charge is 0.222 e. The molecule has 0 radical (unpaired) electrons. The molecule has 0 aromatic carbocycles. The van der Waals surface area contributed by atoms with Gasteiger partial charge in [-0.15, -0.1) is 0 Å². The van der Waals surface area contributed by atoms with E-state index in [4.69, 9.17) is 15.3 Å². The summed E-state index contributed by atoms with van der Waals surface area (Å²) >= 11 is 0. The zero-order valence-electron chi connectivity index (χ0n) is 9.43. The molecule has 1 aromatic heterocycles. The highest BCUT2D eigenvalue weighted by Gasteiger charge is 2.08. The van der Waals surface area contributed by atoms with Crippen LogP contribution in [0.3, 0.4) is 0 Å². The Morgan fingerprint density at radius 1 is 1.56 bits per heavy atom. The van der Waals surface area contributed by atoms with Crippen molar-refractivity contribution >= 4 is 5.71 Å². The second-order valence-electron chi connectivity index (χ2n) is 3.84. The summed E-state index contributed by atoms with van der Waals surface area (Å²) in [6, 6.07) is 1.71. The van der Waals surface area contributed by atoms with Crippen LogP contribution in [0.2, 0.25) is 0 Å². The third kappa shape index (κ3) is 3.86. The quantitative estimate of drug-likeness (QED) is 0.438. The van der Waals surface area contributed by atoms with Crippen LogP contribution in [0.15, 0.2) is 18.5 Å². The van der Waals surface area contributed by atoms with E-state index in [9.17, 15) is 5.21 Å². The lowest BCUT2D eigenvalue weighted by Crippen LogP contribution is -2.27. The van der Waals surface area contributed by atoms with E-state index in [1.807, 2.05) is 13.8 Å². The average molecular weight is 224 g/mol. The van der Waals surface area contributed by atoms with Crippen molar-refractivity contribution in [2.75, 3.05) is 6.61 Å². The van der Waals surface area contributed by atoms with Crippen LogP contribution in [0.4, 0.5) is 0 Å². The van der Waals surface area contributed by atoms with E-state index >= 15 is 0 Å². The zero-order valence-corrected chi connectivity index (χ0v) is 9.43. The van der Waals surface area contributed by atoms with E-state index in [1.54, 1.807) is 6.07 Å². The molecule has 0 spiro atoms. The van der Waals surface area contributed by atoms with Crippen molar-refractivity contribution < 1.29 is 14.6 Å². The van der Waals surface area contributed by atoms with E-state index in [0.29, 0.717) is 16.0 Å². The van der Waals surface area contributed by atoms with E-state index in [0.717, 1.165) is 0 Å². The third-order valence-corrected chi connectivity index (χ3v) is 1.86. The molecular formula is C11H16N2O3. The van der Waals surface area contributed by atoms with Gasteiger partial charge in [0, 0.05) is 17.7 Å². The molecule has 0 unspecified atom stereocenters. The Bertz CT molecular complexity index is 377. The molecule has 1 aromatic rings. The second kappa shape index (κ2) is 5.46. The number of ether oxygens (including phenoxy) is 1. The van der Waals surface area contributed by atoms with Gasteiger partial charge in [0.15, 0.2) is 11.9 Å². The van der Waals surface area contributed by atoms with Crippen LogP contribution >= 0.6 is 0 Å². The van der Waals surface area contributed by atoms with Gasteiger partial charge in [-0.2, -0.15) is 4.73 Å². The molecule has 1 heterocycles. The second-order valence-corrected chi connectivity index (χ2v) is 3.84. The lowest BCUT2D eigenvalue weighted by Gasteiger charge is -2.10. The minimum atomic E-state index is -0.297. The van der Waals surface area contributed by atoms with Crippen molar-refractivity contribution in [3.8, 4) is 5.75 Å². The molecule has 0 aliphatic rings. The van der Waals surface area contributed by atoms with Crippen LogP contribution in [0.25, 0.3) is 0 Å². The highest BCUT2D eigenvalue weighted by molar-refractivity contribution is 5.84. The molecule has 2 N–H and O–H groups in total. The van der Waals surface area contributed by atoms with E-state index in [-0.39, 0.29) is 24.8 Å². The molecule has 0 saturated heterocycles. The van der Waals surface area contributed by atoms with Crippen molar-refractivity contribution in [1.82, 2.24) is 0 Å². The van der Waals surface area contributed by atoms with Gasteiger partial charge in [-0.25, -0.2) is 0 Å². The summed E-state index contributed by atoms with van der Waals surface area (Å²) in [6.07, 6.45) is 2.96. The molecule has 0 atom stereocenters. The molecule has 0 aliphatic heterocycles. The summed E-state index contributed by atoms with van der Waals surface area (Å²) in [5, 5.41) is 27.4. The number of aliphatic hydroxyl groups excluding tert-OH is 1. The molecule has 0 saturated carbocycles. The summed E-state index contributed by atoms with van der Waals surface area (Å²) in [5.74, 6) is 0.480. The van der Waals surface area contributed by atoms with Crippen molar-refractivity contribution in [2.24, 2.45) is 0 Å². The molecule has 1 rings (SSSR count). The van der Waals surface area contributed by atoms with Gasteiger partial charge in [0.05, 0.1) is 12.7 Å². The molecule has 5 nitrogen and oxygen atoms in total. The van der Waals surface area contributed by atoms with Crippen LogP contribution in [0, 0.1) is 10.6 Å². The minimum Gasteiger partial charge on any atom is -0.619 e. The largest absolute Gasteiger partial charge is 0.619 e. The van der Waals surface area contributed by atoms with Crippen LogP contribution in [-0.4, -0.2) is 23.5 Å². The third-order valence-electron chi connectivity index (χ3n) is 1.86. The number of pyridine rings is 1. The molecule has 0 fully saturated rings. The van der Waals surface area contributed by atoms with Gasteiger partial charge in [-0.1, -0.05) is 0 Å². The van der Waals surface area contributed by atoms with Gasteiger partial charge < -0.3 is 20.5 Å². The van der Waals surface area contributed by atoms with Gasteiger partial charge in [-0.05, 0) is 19.9 Å². The number of hydrogen-bond acceptors (Lipinski definition) is 4. The van der Waals surface area contributed by atoms with Gasteiger partial charge in [0.2, 0.25) is 6.20 Å². The Kier molecular flexibility index (Phi) is 4.25. The van der Waals surface area contributed by atoms with E-state index < -0.39 is 0 Å². The average Bonchev–Trinajstić information content (AvgIpc) is 2.15. The van der Waals surface area contributed by atoms with E-state index in [2.05, 4.69) is 0 Å². The molecule has 0 aliphatic carbocycles. The Hall–Kier alpha value is -1.62. The van der Waals surface area contributed by atoms with Gasteiger partial charge in [0.1, 0.15) is 0 Å². The van der Waals surface area contributed by atoms with Crippen LogP contribution in [0.5, 0.6) is 5.75 Å². The Balaban J connectivity index is 2.85. The normalized spacial score (nSPS) is 10.5. The molecular weight excluding hydrogens is 208 g/mol. The van der Waals surface area contributed by atoms with Crippen molar-refractivity contribution in [2.45, 2.75) is 26.4 Å². The van der Waals surface area contributed by atoms with Gasteiger partial charge in [-0.3, -0.25) is 0 Å². The molecule has 16 heavy (non-hydrogen) atoms. The number of aromatic nitrogens is 1. The molecule has 88 valence electrons. The standard InChI is InChI=1S/C11H16N2O3/c1-8(2)16-11-4-9(3-10(12)7-14)5-13(15)6-11/h4-6,8,12,14H,3,7H2,1-2H3. The van der Waals surface area contributed by atoms with Crippen LogP contribution in [0.1, 0.15) is 19.4 Å². The highest BCUT2D eigenvalue weighted by atomic mass is 16.5. The summed E-state index contributed by atoms with van der Waals surface area (Å²) in [4.78, 5) is 0. The number of hydrogen-bond donors (Lipinski definition) is 2. The fourth-order valence-corrected chi connectivity index (χ4v) is 1.32. The lowest BCUT2D eigenvalue weighted by atomic mass is 10.1. The number of nitrogens with one attached hydrogen (secondary N) is 1. The Morgan fingerprint density at radius 2 is 2.25 bits per heavy atom. The van der Waals surface area contributed by atoms with Crippen LogP contribution < -0.4 is 9.47 Å². The van der Waals surface area contributed by atoms with Crippen molar-refractivity contribution in [3.63, 3.8) is 0 Å². The lowest BCUT2D eigenvalue weighted by molar-refractivity contribution is -0.606. The number of rotatable bonds is 5. The Labute approximate surface area is 94.4 Å². The maximum absolute atomic E-state index is 11.3. The van der Waals surface area contributed by atoms with Gasteiger partial charge >= 0.3 is 0 Å². The maximum Gasteiger partial charge on any atom is 0.222 e. The van der Waals surface area contributed by atoms with Crippen molar-refractivity contribution in [1.29, 1.82) is 5.41 Å². The fraction of sp³-hybridized carbons (Fsp3) is 0.455. The predicted molar refractivity (Wildman–Crippen MR) is 59.7 cm³/mol. The topological polar surface area (TPSA) is 80.2 Å². The SMILES string of the molecule is CC(C)Oc1cc(CC(=N)CO)c[n+]([O-])c1. The first-order valence-electron chi connectivity index (χ1n) is 5.08. The van der Waals surface area contributed by atoms with Crippen molar-refractivity contribution in [3.05, 3.63) is 29.2 Å². The highest BCUT2D eigenvalue weighted by Crippen LogP contribution is 2.12. The first-order chi connectivity index (χ1) is 7.51. The van der Waals surface area contributed by atoms with E-state index in [1.165, 1.54) is 12.4 Å². The minimum absolute atomic E-state index is 0.00690. The first kappa shape index (κ1) is 12.4. The summed E-state index contributed by atoms with van der Waals surface area (Å²) < 4.78 is 6.05. The monoisotopic (exact) mass is 224 g/mol. The zero-order chi connectivity index (χ0) is 12.1. The number of aliphatic hydroxyl groups is 1. The summed E-state index contributed by atoms with van der Waals surface area (Å²) in [5.41, 5.74) is 0.828. The first-order valence-corrected chi connectivity index (χ1v) is 5.08. The fourth-order valence-electron chi connectivity index (χ4n) is 1.32. The molecule has 0 amide bonds. The molecule has 5 heteroatoms. The maximum atomic E-state index is 11.3.